The van der Waals surface area contributed by atoms with Crippen molar-refractivity contribution in [2.75, 3.05) is 17.2 Å². The predicted octanol–water partition coefficient (Wildman–Crippen LogP) is 3.06. The number of fused-ring (bicyclic) bond motifs is 1. The molecular weight excluding hydrogens is 402 g/mol. The quantitative estimate of drug-likeness (QED) is 0.585. The Bertz CT molecular complexity index is 1050. The number of hydrogen-bond acceptors (Lipinski definition) is 6. The number of anilines is 1. The predicted molar refractivity (Wildman–Crippen MR) is 114 cm³/mol. The number of nitrogens with one attached hydrogen (secondary N) is 1. The lowest BCUT2D eigenvalue weighted by Crippen LogP contribution is -2.30. The molecule has 0 saturated carbocycles. The van der Waals surface area contributed by atoms with Gasteiger partial charge in [0.15, 0.2) is 16.7 Å². The molecule has 1 aliphatic rings. The van der Waals surface area contributed by atoms with Crippen LogP contribution in [-0.4, -0.2) is 38.9 Å². The molecule has 30 heavy (non-hydrogen) atoms. The van der Waals surface area contributed by atoms with Crippen LogP contribution in [0.4, 0.5) is 5.69 Å². The van der Waals surface area contributed by atoms with Gasteiger partial charge in [0.2, 0.25) is 5.91 Å². The van der Waals surface area contributed by atoms with Gasteiger partial charge < -0.3 is 19.2 Å². The first-order valence-electron chi connectivity index (χ1n) is 9.87. The highest BCUT2D eigenvalue weighted by atomic mass is 32.2. The molecule has 0 aliphatic carbocycles. The van der Waals surface area contributed by atoms with Crippen molar-refractivity contribution >= 4 is 29.3 Å². The molecule has 0 bridgehead atoms. The standard InChI is InChI=1S/C21H23N5O3S/c1-3-25-19(14(2)22-20(28)17-9-6-12-29-17)23-24-21(25)30-13-18(27)26-11-10-15-7-4-5-8-16(15)26/h4-9,12,14H,3,10-11,13H2,1-2H3,(H,22,28)/t14-/m1/s1. The smallest absolute Gasteiger partial charge is 0.287 e. The molecule has 8 nitrogen and oxygen atoms in total. The normalized spacial score (nSPS) is 13.9. The average Bonchev–Trinajstić information content (AvgIpc) is 3.51. The average molecular weight is 426 g/mol. The van der Waals surface area contributed by atoms with E-state index < -0.39 is 0 Å². The van der Waals surface area contributed by atoms with E-state index >= 15 is 0 Å². The van der Waals surface area contributed by atoms with Crippen LogP contribution in [0.15, 0.2) is 52.2 Å². The molecule has 3 aromatic rings. The molecule has 1 aliphatic heterocycles. The number of carbonyl (C=O) groups excluding carboxylic acids is 2. The third-order valence-electron chi connectivity index (χ3n) is 5.05. The van der Waals surface area contributed by atoms with E-state index in [2.05, 4.69) is 21.6 Å². The third kappa shape index (κ3) is 3.97. The summed E-state index contributed by atoms with van der Waals surface area (Å²) in [5, 5.41) is 12.0. The zero-order valence-electron chi connectivity index (χ0n) is 16.9. The van der Waals surface area contributed by atoms with Gasteiger partial charge in [0.1, 0.15) is 0 Å². The van der Waals surface area contributed by atoms with Crippen molar-refractivity contribution in [3.8, 4) is 0 Å². The Morgan fingerprint density at radius 1 is 1.23 bits per heavy atom. The second-order valence-electron chi connectivity index (χ2n) is 6.97. The number of nitrogens with zero attached hydrogens (tertiary/aromatic N) is 4. The van der Waals surface area contributed by atoms with Crippen molar-refractivity contribution in [1.82, 2.24) is 20.1 Å². The molecule has 0 fully saturated rings. The van der Waals surface area contributed by atoms with E-state index in [-0.39, 0.29) is 29.4 Å². The summed E-state index contributed by atoms with van der Waals surface area (Å²) in [6, 6.07) is 10.9. The summed E-state index contributed by atoms with van der Waals surface area (Å²) in [7, 11) is 0. The fourth-order valence-corrected chi connectivity index (χ4v) is 4.45. The minimum atomic E-state index is -0.356. The van der Waals surface area contributed by atoms with E-state index in [4.69, 9.17) is 4.42 Å². The number of furan rings is 1. The van der Waals surface area contributed by atoms with Crippen molar-refractivity contribution < 1.29 is 14.0 Å². The summed E-state index contributed by atoms with van der Waals surface area (Å²) < 4.78 is 7.05. The maximum Gasteiger partial charge on any atom is 0.287 e. The summed E-state index contributed by atoms with van der Waals surface area (Å²) in [5.41, 5.74) is 2.20. The van der Waals surface area contributed by atoms with Gasteiger partial charge in [0, 0.05) is 18.8 Å². The number of aromatic nitrogens is 3. The fourth-order valence-electron chi connectivity index (χ4n) is 3.57. The van der Waals surface area contributed by atoms with Gasteiger partial charge in [-0.05, 0) is 44.0 Å². The number of benzene rings is 1. The van der Waals surface area contributed by atoms with E-state index in [9.17, 15) is 9.59 Å². The third-order valence-corrected chi connectivity index (χ3v) is 6.01. The summed E-state index contributed by atoms with van der Waals surface area (Å²) in [6.07, 6.45) is 2.34. The lowest BCUT2D eigenvalue weighted by molar-refractivity contribution is -0.116. The first kappa shape index (κ1) is 20.2. The first-order chi connectivity index (χ1) is 14.6. The molecule has 0 spiro atoms. The summed E-state index contributed by atoms with van der Waals surface area (Å²) in [6.45, 7) is 5.17. The fraction of sp³-hybridized carbons (Fsp3) is 0.333. The Labute approximate surface area is 178 Å². The van der Waals surface area contributed by atoms with E-state index in [1.54, 1.807) is 12.1 Å². The molecule has 156 valence electrons. The molecule has 2 aromatic heterocycles. The molecule has 0 unspecified atom stereocenters. The molecule has 0 radical (unpaired) electrons. The lowest BCUT2D eigenvalue weighted by atomic mass is 10.2. The van der Waals surface area contributed by atoms with E-state index in [0.717, 1.165) is 12.1 Å². The number of rotatable bonds is 7. The molecule has 1 aromatic carbocycles. The minimum absolute atomic E-state index is 0.0522. The SMILES string of the molecule is CCn1c(SCC(=O)N2CCc3ccccc32)nnc1[C@@H](C)NC(=O)c1ccco1. The molecular formula is C21H23N5O3S. The highest BCUT2D eigenvalue weighted by molar-refractivity contribution is 7.99. The van der Waals surface area contributed by atoms with Crippen LogP contribution in [0, 0.1) is 0 Å². The van der Waals surface area contributed by atoms with Gasteiger partial charge in [-0.1, -0.05) is 30.0 Å². The van der Waals surface area contributed by atoms with Crippen LogP contribution < -0.4 is 10.2 Å². The van der Waals surface area contributed by atoms with E-state index in [1.807, 2.05) is 41.5 Å². The van der Waals surface area contributed by atoms with Crippen molar-refractivity contribution in [2.45, 2.75) is 38.0 Å². The second kappa shape index (κ2) is 8.74. The Balaban J connectivity index is 1.41. The second-order valence-corrected chi connectivity index (χ2v) is 7.91. The first-order valence-corrected chi connectivity index (χ1v) is 10.9. The number of hydrogen-bond donors (Lipinski definition) is 1. The number of thioether (sulfide) groups is 1. The van der Waals surface area contributed by atoms with Crippen molar-refractivity contribution in [2.24, 2.45) is 0 Å². The van der Waals surface area contributed by atoms with Gasteiger partial charge in [-0.3, -0.25) is 9.59 Å². The molecule has 4 rings (SSSR count). The molecule has 9 heteroatoms. The molecule has 2 amide bonds. The maximum atomic E-state index is 12.8. The zero-order valence-corrected chi connectivity index (χ0v) is 17.7. The van der Waals surface area contributed by atoms with Gasteiger partial charge in [-0.2, -0.15) is 0 Å². The maximum absolute atomic E-state index is 12.8. The molecule has 3 heterocycles. The minimum Gasteiger partial charge on any atom is -0.459 e. The van der Waals surface area contributed by atoms with Crippen LogP contribution in [0.25, 0.3) is 0 Å². The highest BCUT2D eigenvalue weighted by Crippen LogP contribution is 2.29. The summed E-state index contributed by atoms with van der Waals surface area (Å²) in [5.74, 6) is 0.903. The van der Waals surface area contributed by atoms with E-state index in [0.29, 0.717) is 24.1 Å². The molecule has 1 N–H and O–H groups in total. The molecule has 0 saturated heterocycles. The van der Waals surface area contributed by atoms with Gasteiger partial charge in [-0.25, -0.2) is 0 Å². The van der Waals surface area contributed by atoms with Crippen LogP contribution in [-0.2, 0) is 17.8 Å². The van der Waals surface area contributed by atoms with Gasteiger partial charge in [0.25, 0.3) is 5.91 Å². The van der Waals surface area contributed by atoms with Crippen LogP contribution in [0.2, 0.25) is 0 Å². The van der Waals surface area contributed by atoms with Crippen molar-refractivity contribution in [3.05, 3.63) is 59.8 Å². The van der Waals surface area contributed by atoms with Gasteiger partial charge >= 0.3 is 0 Å². The Hall–Kier alpha value is -3.07. The number of amides is 2. The summed E-state index contributed by atoms with van der Waals surface area (Å²) in [4.78, 5) is 26.9. The van der Waals surface area contributed by atoms with Crippen molar-refractivity contribution in [1.29, 1.82) is 0 Å². The van der Waals surface area contributed by atoms with Crippen LogP contribution >= 0.6 is 11.8 Å². The Morgan fingerprint density at radius 2 is 2.07 bits per heavy atom. The number of carbonyl (C=O) groups is 2. The monoisotopic (exact) mass is 425 g/mol. The zero-order chi connectivity index (χ0) is 21.1. The van der Waals surface area contributed by atoms with Crippen molar-refractivity contribution in [3.63, 3.8) is 0 Å². The highest BCUT2D eigenvalue weighted by Gasteiger charge is 2.25. The van der Waals surface area contributed by atoms with Gasteiger partial charge in [-0.15, -0.1) is 10.2 Å². The van der Waals surface area contributed by atoms with Gasteiger partial charge in [0.05, 0.1) is 18.1 Å². The van der Waals surface area contributed by atoms with Crippen LogP contribution in [0.5, 0.6) is 0 Å². The Kier molecular flexibility index (Phi) is 5.89. The Morgan fingerprint density at radius 3 is 2.83 bits per heavy atom. The number of para-hydroxylation sites is 1. The molecule has 1 atom stereocenters. The van der Waals surface area contributed by atoms with E-state index in [1.165, 1.54) is 23.6 Å². The lowest BCUT2D eigenvalue weighted by Gasteiger charge is -2.17. The van der Waals surface area contributed by atoms with Crippen LogP contribution in [0.3, 0.4) is 0 Å². The topological polar surface area (TPSA) is 93.3 Å². The van der Waals surface area contributed by atoms with Crippen LogP contribution in [0.1, 0.15) is 41.8 Å². The summed E-state index contributed by atoms with van der Waals surface area (Å²) >= 11 is 1.36. The largest absolute Gasteiger partial charge is 0.459 e.